The number of anilines is 1. The lowest BCUT2D eigenvalue weighted by Gasteiger charge is -2.21. The van der Waals surface area contributed by atoms with Crippen LogP contribution in [0, 0.1) is 6.92 Å². The Hall–Kier alpha value is -3.08. The highest BCUT2D eigenvalue weighted by Crippen LogP contribution is 2.23. The van der Waals surface area contributed by atoms with Gasteiger partial charge in [-0.3, -0.25) is 14.2 Å². The van der Waals surface area contributed by atoms with Crippen molar-refractivity contribution in [1.82, 2.24) is 4.57 Å². The average molecular weight is 364 g/mol. The Kier molecular flexibility index (Phi) is 5.60. The molecule has 0 saturated carbocycles. The Bertz CT molecular complexity index is 1010. The van der Waals surface area contributed by atoms with Crippen LogP contribution in [0.3, 0.4) is 0 Å². The summed E-state index contributed by atoms with van der Waals surface area (Å²) in [6.07, 6.45) is 0.510. The van der Waals surface area contributed by atoms with Gasteiger partial charge in [0.1, 0.15) is 11.8 Å². The summed E-state index contributed by atoms with van der Waals surface area (Å²) in [5.74, 6) is 0.543. The summed E-state index contributed by atoms with van der Waals surface area (Å²) >= 11 is 0. The highest BCUT2D eigenvalue weighted by Gasteiger charge is 2.22. The number of amides is 1. The topological polar surface area (TPSA) is 60.3 Å². The molecule has 27 heavy (non-hydrogen) atoms. The quantitative estimate of drug-likeness (QED) is 0.709. The van der Waals surface area contributed by atoms with Gasteiger partial charge in [0.25, 0.3) is 5.56 Å². The molecule has 0 aliphatic rings. The van der Waals surface area contributed by atoms with E-state index < -0.39 is 6.04 Å². The maximum atomic E-state index is 12.9. The standard InChI is InChI=1S/C22H24N2O3/c1-4-19(22(26)23-16-10-12-17(13-11-16)27-5-2)24-20-9-7-6-8-18(20)15(3)14-21(24)25/h6-14,19H,4-5H2,1-3H3,(H,23,26). The molecule has 140 valence electrons. The molecule has 1 atom stereocenters. The van der Waals surface area contributed by atoms with E-state index in [2.05, 4.69) is 5.32 Å². The van der Waals surface area contributed by atoms with Crippen LogP contribution < -0.4 is 15.6 Å². The summed E-state index contributed by atoms with van der Waals surface area (Å²) in [7, 11) is 0. The highest BCUT2D eigenvalue weighted by atomic mass is 16.5. The molecule has 1 amide bonds. The van der Waals surface area contributed by atoms with Crippen molar-refractivity contribution in [2.24, 2.45) is 0 Å². The fourth-order valence-corrected chi connectivity index (χ4v) is 3.30. The highest BCUT2D eigenvalue weighted by molar-refractivity contribution is 5.95. The maximum absolute atomic E-state index is 12.9. The zero-order chi connectivity index (χ0) is 19.4. The van der Waals surface area contributed by atoms with E-state index >= 15 is 0 Å². The third-order valence-electron chi connectivity index (χ3n) is 4.60. The van der Waals surface area contributed by atoms with Crippen molar-refractivity contribution in [3.8, 4) is 5.75 Å². The minimum Gasteiger partial charge on any atom is -0.494 e. The number of nitrogens with zero attached hydrogens (tertiary/aromatic N) is 1. The number of aromatic nitrogens is 1. The number of carbonyl (C=O) groups excluding carboxylic acids is 1. The molecule has 0 fully saturated rings. The van der Waals surface area contributed by atoms with Gasteiger partial charge in [-0.05, 0) is 56.2 Å². The number of aryl methyl sites for hydroxylation is 1. The molecule has 1 N–H and O–H groups in total. The number of hydrogen-bond acceptors (Lipinski definition) is 3. The van der Waals surface area contributed by atoms with Crippen LogP contribution in [0.25, 0.3) is 10.9 Å². The molecular formula is C22H24N2O3. The second-order valence-electron chi connectivity index (χ2n) is 6.42. The molecule has 5 nitrogen and oxygen atoms in total. The number of benzene rings is 2. The van der Waals surface area contributed by atoms with Crippen molar-refractivity contribution in [3.63, 3.8) is 0 Å². The van der Waals surface area contributed by atoms with E-state index in [-0.39, 0.29) is 11.5 Å². The van der Waals surface area contributed by atoms with E-state index in [1.165, 1.54) is 0 Å². The van der Waals surface area contributed by atoms with E-state index in [4.69, 9.17) is 4.74 Å². The smallest absolute Gasteiger partial charge is 0.252 e. The van der Waals surface area contributed by atoms with Gasteiger partial charge in [-0.2, -0.15) is 0 Å². The van der Waals surface area contributed by atoms with Crippen molar-refractivity contribution >= 4 is 22.5 Å². The zero-order valence-corrected chi connectivity index (χ0v) is 15.9. The molecule has 1 unspecified atom stereocenters. The zero-order valence-electron chi connectivity index (χ0n) is 15.9. The van der Waals surface area contributed by atoms with Crippen LogP contribution in [-0.2, 0) is 4.79 Å². The minimum atomic E-state index is -0.588. The van der Waals surface area contributed by atoms with Crippen molar-refractivity contribution in [2.45, 2.75) is 33.2 Å². The van der Waals surface area contributed by atoms with E-state index in [1.807, 2.05) is 57.2 Å². The van der Waals surface area contributed by atoms with E-state index in [0.29, 0.717) is 18.7 Å². The van der Waals surface area contributed by atoms with Gasteiger partial charge < -0.3 is 10.1 Å². The second kappa shape index (κ2) is 8.08. The van der Waals surface area contributed by atoms with E-state index in [9.17, 15) is 9.59 Å². The van der Waals surface area contributed by atoms with Crippen molar-refractivity contribution in [3.05, 3.63) is 70.5 Å². The van der Waals surface area contributed by atoms with Gasteiger partial charge in [0, 0.05) is 17.1 Å². The number of ether oxygens (including phenoxy) is 1. The molecule has 5 heteroatoms. The third kappa shape index (κ3) is 3.87. The van der Waals surface area contributed by atoms with Crippen LogP contribution in [0.1, 0.15) is 31.9 Å². The molecule has 0 radical (unpaired) electrons. The number of para-hydroxylation sites is 1. The van der Waals surface area contributed by atoms with Crippen LogP contribution in [-0.4, -0.2) is 17.1 Å². The van der Waals surface area contributed by atoms with Crippen molar-refractivity contribution in [1.29, 1.82) is 0 Å². The molecule has 0 aliphatic carbocycles. The first-order chi connectivity index (χ1) is 13.0. The largest absolute Gasteiger partial charge is 0.494 e. The fraction of sp³-hybridized carbons (Fsp3) is 0.273. The monoisotopic (exact) mass is 364 g/mol. The van der Waals surface area contributed by atoms with E-state index in [0.717, 1.165) is 22.2 Å². The lowest BCUT2D eigenvalue weighted by atomic mass is 10.1. The molecule has 3 rings (SSSR count). The SMILES string of the molecule is CCOc1ccc(NC(=O)C(CC)n2c(=O)cc(C)c3ccccc32)cc1. The molecule has 0 bridgehead atoms. The first-order valence-corrected chi connectivity index (χ1v) is 9.19. The maximum Gasteiger partial charge on any atom is 0.252 e. The molecule has 0 saturated heterocycles. The first kappa shape index (κ1) is 18.7. The van der Waals surface area contributed by atoms with Crippen molar-refractivity contribution in [2.75, 3.05) is 11.9 Å². The Morgan fingerprint density at radius 1 is 1.11 bits per heavy atom. The summed E-state index contributed by atoms with van der Waals surface area (Å²) in [6, 6.07) is 15.9. The molecule has 0 aliphatic heterocycles. The second-order valence-corrected chi connectivity index (χ2v) is 6.42. The third-order valence-corrected chi connectivity index (χ3v) is 4.60. The number of rotatable bonds is 6. The van der Waals surface area contributed by atoms with Crippen LogP contribution in [0.2, 0.25) is 0 Å². The van der Waals surface area contributed by atoms with Crippen LogP contribution in [0.15, 0.2) is 59.4 Å². The van der Waals surface area contributed by atoms with E-state index in [1.54, 1.807) is 22.8 Å². The summed E-state index contributed by atoms with van der Waals surface area (Å²) in [5.41, 5.74) is 2.19. The summed E-state index contributed by atoms with van der Waals surface area (Å²) in [6.45, 7) is 6.33. The van der Waals surface area contributed by atoms with Gasteiger partial charge in [-0.15, -0.1) is 0 Å². The fourth-order valence-electron chi connectivity index (χ4n) is 3.30. The van der Waals surface area contributed by atoms with Gasteiger partial charge in [0.2, 0.25) is 5.91 Å². The molecule has 0 spiro atoms. The Morgan fingerprint density at radius 3 is 2.48 bits per heavy atom. The molecule has 2 aromatic carbocycles. The lowest BCUT2D eigenvalue weighted by molar-refractivity contribution is -0.119. The predicted molar refractivity (Wildman–Crippen MR) is 109 cm³/mol. The van der Waals surface area contributed by atoms with Crippen LogP contribution in [0.4, 0.5) is 5.69 Å². The Morgan fingerprint density at radius 2 is 1.81 bits per heavy atom. The van der Waals surface area contributed by atoms with Crippen LogP contribution in [0.5, 0.6) is 5.75 Å². The summed E-state index contributed by atoms with van der Waals surface area (Å²) in [5, 5.41) is 3.89. The average Bonchev–Trinajstić information content (AvgIpc) is 2.66. The number of hydrogen-bond donors (Lipinski definition) is 1. The number of carbonyl (C=O) groups is 1. The lowest BCUT2D eigenvalue weighted by Crippen LogP contribution is -2.33. The van der Waals surface area contributed by atoms with Gasteiger partial charge in [0.05, 0.1) is 12.1 Å². The van der Waals surface area contributed by atoms with Gasteiger partial charge in [-0.1, -0.05) is 25.1 Å². The number of fused-ring (bicyclic) bond motifs is 1. The van der Waals surface area contributed by atoms with Crippen molar-refractivity contribution < 1.29 is 9.53 Å². The number of pyridine rings is 1. The summed E-state index contributed by atoms with van der Waals surface area (Å²) in [4.78, 5) is 25.6. The Balaban J connectivity index is 1.94. The van der Waals surface area contributed by atoms with Gasteiger partial charge in [0.15, 0.2) is 0 Å². The summed E-state index contributed by atoms with van der Waals surface area (Å²) < 4.78 is 7.01. The first-order valence-electron chi connectivity index (χ1n) is 9.19. The molecule has 1 aromatic heterocycles. The normalized spacial score (nSPS) is 12.0. The van der Waals surface area contributed by atoms with Crippen LogP contribution >= 0.6 is 0 Å². The van der Waals surface area contributed by atoms with Gasteiger partial charge in [-0.25, -0.2) is 0 Å². The predicted octanol–water partition coefficient (Wildman–Crippen LogP) is 4.30. The molecular weight excluding hydrogens is 340 g/mol. The van der Waals surface area contributed by atoms with Gasteiger partial charge >= 0.3 is 0 Å². The molecule has 3 aromatic rings. The number of nitrogens with one attached hydrogen (secondary N) is 1. The molecule has 1 heterocycles. The Labute approximate surface area is 158 Å². The minimum absolute atomic E-state index is 0.167.